The predicted octanol–water partition coefficient (Wildman–Crippen LogP) is 8.90. The second-order valence-corrected chi connectivity index (χ2v) is 10.4. The van der Waals surface area contributed by atoms with Crippen LogP contribution in [0.2, 0.25) is 0 Å². The van der Waals surface area contributed by atoms with E-state index >= 15 is 0 Å². The Labute approximate surface area is 239 Å². The minimum atomic E-state index is 0.765. The monoisotopic (exact) mass is 543 g/mol. The summed E-state index contributed by atoms with van der Waals surface area (Å²) in [4.78, 5) is 10.2. The van der Waals surface area contributed by atoms with Gasteiger partial charge in [0.15, 0.2) is 0 Å². The maximum absolute atomic E-state index is 6.38. The van der Waals surface area contributed by atoms with Gasteiger partial charge in [-0.05, 0) is 78.0 Å². The number of rotatable bonds is 8. The minimum Gasteiger partial charge on any atom is -0.457 e. The minimum absolute atomic E-state index is 0.765. The van der Waals surface area contributed by atoms with Crippen LogP contribution in [-0.4, -0.2) is 29.9 Å². The van der Waals surface area contributed by atoms with Gasteiger partial charge in [-0.1, -0.05) is 42.5 Å². The molecule has 0 unspecified atom stereocenters. The summed E-state index contributed by atoms with van der Waals surface area (Å²) in [6, 6.07) is 36.5. The molecular formula is C34H29N3O2S. The third-order valence-corrected chi connectivity index (χ3v) is 7.29. The van der Waals surface area contributed by atoms with Crippen LogP contribution in [0.5, 0.6) is 23.0 Å². The molecule has 198 valence electrons. The van der Waals surface area contributed by atoms with Crippen molar-refractivity contribution in [3.8, 4) is 45.4 Å². The highest BCUT2D eigenvalue weighted by molar-refractivity contribution is 7.98. The standard InChI is InChI=1S/C34H29N3O2S/c1-36-16-17-37(24-36)28-21-32(23-33(22-28)40-2)39-31-13-7-9-27(19-31)34-20-26(14-15-35-34)25-8-6-12-30(18-25)38-29-10-4-3-5-11-29/h3-23H,24H2,1-2H3. The van der Waals surface area contributed by atoms with Gasteiger partial charge < -0.3 is 19.3 Å². The molecule has 2 heterocycles. The van der Waals surface area contributed by atoms with Crippen molar-refractivity contribution in [1.29, 1.82) is 0 Å². The smallest absolute Gasteiger partial charge is 0.130 e. The zero-order valence-corrected chi connectivity index (χ0v) is 23.2. The van der Waals surface area contributed by atoms with E-state index in [1.807, 2.05) is 72.9 Å². The van der Waals surface area contributed by atoms with Gasteiger partial charge in [0.25, 0.3) is 0 Å². The molecule has 0 saturated heterocycles. The van der Waals surface area contributed by atoms with Crippen molar-refractivity contribution >= 4 is 17.4 Å². The molecule has 0 amide bonds. The van der Waals surface area contributed by atoms with Gasteiger partial charge >= 0.3 is 0 Å². The summed E-state index contributed by atoms with van der Waals surface area (Å²) < 4.78 is 12.4. The summed E-state index contributed by atoms with van der Waals surface area (Å²) in [6.07, 6.45) is 8.09. The van der Waals surface area contributed by atoms with Gasteiger partial charge in [-0.3, -0.25) is 4.98 Å². The summed E-state index contributed by atoms with van der Waals surface area (Å²) in [7, 11) is 2.07. The largest absolute Gasteiger partial charge is 0.457 e. The molecule has 6 heteroatoms. The molecule has 40 heavy (non-hydrogen) atoms. The van der Waals surface area contributed by atoms with Gasteiger partial charge in [-0.25, -0.2) is 0 Å². The first-order valence-corrected chi connectivity index (χ1v) is 14.3. The molecule has 0 saturated carbocycles. The molecule has 5 nitrogen and oxygen atoms in total. The molecule has 0 bridgehead atoms. The third-order valence-electron chi connectivity index (χ3n) is 6.58. The first kappa shape index (κ1) is 25.6. The fourth-order valence-corrected chi connectivity index (χ4v) is 5.06. The molecule has 0 N–H and O–H groups in total. The SMILES string of the molecule is CSc1cc(Oc2cccc(-c3cc(-c4cccc(Oc5ccccc5)c4)ccn3)c2)cc(N2C=CN(C)C2)c1. The number of hydrogen-bond donors (Lipinski definition) is 0. The van der Waals surface area contributed by atoms with Crippen molar-refractivity contribution in [2.24, 2.45) is 0 Å². The van der Waals surface area contributed by atoms with E-state index in [0.29, 0.717) is 0 Å². The second kappa shape index (κ2) is 11.6. The van der Waals surface area contributed by atoms with Crippen LogP contribution in [0.15, 0.2) is 133 Å². The molecule has 1 aliphatic heterocycles. The van der Waals surface area contributed by atoms with E-state index in [2.05, 4.69) is 83.0 Å². The lowest BCUT2D eigenvalue weighted by atomic mass is 10.0. The number of hydrogen-bond acceptors (Lipinski definition) is 6. The van der Waals surface area contributed by atoms with E-state index < -0.39 is 0 Å². The van der Waals surface area contributed by atoms with Crippen LogP contribution >= 0.6 is 11.8 Å². The van der Waals surface area contributed by atoms with E-state index in [1.165, 1.54) is 0 Å². The molecule has 4 aromatic carbocycles. The average Bonchev–Trinajstić information content (AvgIpc) is 3.44. The third kappa shape index (κ3) is 5.98. The number of anilines is 1. The van der Waals surface area contributed by atoms with Crippen LogP contribution in [0.25, 0.3) is 22.4 Å². The van der Waals surface area contributed by atoms with Crippen LogP contribution in [0.4, 0.5) is 5.69 Å². The zero-order valence-electron chi connectivity index (χ0n) is 22.4. The second-order valence-electron chi connectivity index (χ2n) is 9.54. The summed E-state index contributed by atoms with van der Waals surface area (Å²) in [5, 5.41) is 0. The van der Waals surface area contributed by atoms with Gasteiger partial charge in [0, 0.05) is 47.9 Å². The summed E-state index contributed by atoms with van der Waals surface area (Å²) in [5.74, 6) is 3.17. The number of pyridine rings is 1. The van der Waals surface area contributed by atoms with Crippen molar-refractivity contribution in [3.63, 3.8) is 0 Å². The predicted molar refractivity (Wildman–Crippen MR) is 164 cm³/mol. The van der Waals surface area contributed by atoms with Crippen molar-refractivity contribution in [2.75, 3.05) is 24.9 Å². The fraction of sp³-hybridized carbons (Fsp3) is 0.0882. The average molecular weight is 544 g/mol. The Morgan fingerprint density at radius 3 is 2.10 bits per heavy atom. The number of ether oxygens (including phenoxy) is 2. The molecule has 5 aromatic rings. The normalized spacial score (nSPS) is 12.6. The first-order chi connectivity index (χ1) is 19.6. The summed E-state index contributed by atoms with van der Waals surface area (Å²) in [5.41, 5.74) is 5.09. The number of thioether (sulfide) groups is 1. The highest BCUT2D eigenvalue weighted by Crippen LogP contribution is 2.35. The topological polar surface area (TPSA) is 37.8 Å². The highest BCUT2D eigenvalue weighted by atomic mass is 32.2. The maximum atomic E-state index is 6.38. The van der Waals surface area contributed by atoms with E-state index in [-0.39, 0.29) is 0 Å². The lowest BCUT2D eigenvalue weighted by Gasteiger charge is -2.20. The van der Waals surface area contributed by atoms with Crippen LogP contribution in [0, 0.1) is 0 Å². The number of aromatic nitrogens is 1. The van der Waals surface area contributed by atoms with Gasteiger partial charge in [-0.2, -0.15) is 0 Å². The molecular weight excluding hydrogens is 514 g/mol. The Hall–Kier alpha value is -4.68. The van der Waals surface area contributed by atoms with E-state index in [0.717, 1.165) is 62.6 Å². The summed E-state index contributed by atoms with van der Waals surface area (Å²) in [6.45, 7) is 0.816. The molecule has 0 radical (unpaired) electrons. The van der Waals surface area contributed by atoms with Gasteiger partial charge in [0.2, 0.25) is 0 Å². The van der Waals surface area contributed by atoms with Crippen molar-refractivity contribution in [3.05, 3.63) is 128 Å². The van der Waals surface area contributed by atoms with Crippen molar-refractivity contribution in [2.45, 2.75) is 4.90 Å². The van der Waals surface area contributed by atoms with Crippen LogP contribution in [-0.2, 0) is 0 Å². The number of nitrogens with zero attached hydrogens (tertiary/aromatic N) is 3. The van der Waals surface area contributed by atoms with Crippen LogP contribution in [0.3, 0.4) is 0 Å². The zero-order chi connectivity index (χ0) is 27.3. The fourth-order valence-electron chi connectivity index (χ4n) is 4.58. The molecule has 0 atom stereocenters. The van der Waals surface area contributed by atoms with Crippen LogP contribution < -0.4 is 14.4 Å². The Morgan fingerprint density at radius 2 is 1.35 bits per heavy atom. The van der Waals surface area contributed by atoms with E-state index in [4.69, 9.17) is 9.47 Å². The number of benzene rings is 4. The van der Waals surface area contributed by atoms with E-state index in [9.17, 15) is 0 Å². The molecule has 0 aliphatic carbocycles. The maximum Gasteiger partial charge on any atom is 0.130 e. The molecule has 0 spiro atoms. The molecule has 1 aromatic heterocycles. The summed E-state index contributed by atoms with van der Waals surface area (Å²) >= 11 is 1.70. The lowest BCUT2D eigenvalue weighted by Crippen LogP contribution is -2.21. The highest BCUT2D eigenvalue weighted by Gasteiger charge is 2.14. The number of para-hydroxylation sites is 1. The molecule has 6 rings (SSSR count). The lowest BCUT2D eigenvalue weighted by molar-refractivity contribution is 0.479. The Morgan fingerprint density at radius 1 is 0.650 bits per heavy atom. The molecule has 1 aliphatic rings. The van der Waals surface area contributed by atoms with Crippen molar-refractivity contribution < 1.29 is 9.47 Å². The first-order valence-electron chi connectivity index (χ1n) is 13.0. The Balaban J connectivity index is 1.24. The Bertz CT molecular complexity index is 1650. The quantitative estimate of drug-likeness (QED) is 0.182. The van der Waals surface area contributed by atoms with Gasteiger partial charge in [-0.15, -0.1) is 11.8 Å². The van der Waals surface area contributed by atoms with Crippen molar-refractivity contribution in [1.82, 2.24) is 9.88 Å². The van der Waals surface area contributed by atoms with E-state index in [1.54, 1.807) is 11.8 Å². The van der Waals surface area contributed by atoms with Gasteiger partial charge in [0.05, 0.1) is 12.4 Å². The molecule has 0 fully saturated rings. The van der Waals surface area contributed by atoms with Gasteiger partial charge in [0.1, 0.15) is 23.0 Å². The Kier molecular flexibility index (Phi) is 7.42. The van der Waals surface area contributed by atoms with Crippen LogP contribution in [0.1, 0.15) is 0 Å².